The highest BCUT2D eigenvalue weighted by molar-refractivity contribution is 7.13. The summed E-state index contributed by atoms with van der Waals surface area (Å²) in [5.41, 5.74) is 8.41. The van der Waals surface area contributed by atoms with Crippen molar-refractivity contribution in [3.63, 3.8) is 0 Å². The molecule has 1 aromatic carbocycles. The highest BCUT2D eigenvalue weighted by Gasteiger charge is 2.17. The topological polar surface area (TPSA) is 82.3 Å². The molecule has 4 aromatic heterocycles. The maximum atomic E-state index is 4.97. The summed E-state index contributed by atoms with van der Waals surface area (Å²) in [6.07, 6.45) is 8.57. The Morgan fingerprint density at radius 1 is 1.16 bits per heavy atom. The number of hydrogen-bond acceptors (Lipinski definition) is 5. The lowest BCUT2D eigenvalue weighted by Gasteiger charge is -2.21. The summed E-state index contributed by atoms with van der Waals surface area (Å²) in [4.78, 5) is 14.3. The van der Waals surface area contributed by atoms with Gasteiger partial charge in [-0.15, -0.1) is 11.3 Å². The summed E-state index contributed by atoms with van der Waals surface area (Å²) < 4.78 is 0. The Kier molecular flexibility index (Phi) is 6.87. The SMILES string of the molecule is C=C/C(=C\C(=C/C)c1cc2c(-c3nc4c(-c5cccs5)cccc4[nH]3)n[nH]c2cn1)NC(=C)CC(C)(C)C. The van der Waals surface area contributed by atoms with E-state index in [1.807, 2.05) is 31.3 Å². The molecule has 7 heteroatoms. The molecule has 0 radical (unpaired) electrons. The van der Waals surface area contributed by atoms with Crippen LogP contribution in [0.5, 0.6) is 0 Å². The van der Waals surface area contributed by atoms with Gasteiger partial charge in [-0.2, -0.15) is 5.10 Å². The summed E-state index contributed by atoms with van der Waals surface area (Å²) in [7, 11) is 0. The fourth-order valence-corrected chi connectivity index (χ4v) is 5.29. The number of rotatable bonds is 8. The molecule has 0 atom stereocenters. The number of hydrogen-bond donors (Lipinski definition) is 3. The third kappa shape index (κ3) is 5.24. The number of nitrogens with one attached hydrogen (secondary N) is 3. The van der Waals surface area contributed by atoms with Crippen LogP contribution in [0, 0.1) is 5.41 Å². The molecule has 0 aliphatic carbocycles. The van der Waals surface area contributed by atoms with Gasteiger partial charge in [0, 0.05) is 27.2 Å². The molecule has 0 aliphatic heterocycles. The monoisotopic (exact) mass is 520 g/mol. The molecular weight excluding hydrogens is 488 g/mol. The van der Waals surface area contributed by atoms with Crippen molar-refractivity contribution in [2.75, 3.05) is 0 Å². The van der Waals surface area contributed by atoms with Crippen molar-refractivity contribution in [1.82, 2.24) is 30.5 Å². The average Bonchev–Trinajstić information content (AvgIpc) is 3.63. The van der Waals surface area contributed by atoms with Crippen molar-refractivity contribution in [1.29, 1.82) is 0 Å². The Hall–Kier alpha value is -4.23. The number of fused-ring (bicyclic) bond motifs is 2. The zero-order valence-corrected chi connectivity index (χ0v) is 23.0. The molecule has 0 amide bonds. The first-order chi connectivity index (χ1) is 18.3. The number of benzene rings is 1. The minimum absolute atomic E-state index is 0.144. The number of thiophene rings is 1. The van der Waals surface area contributed by atoms with Gasteiger partial charge in [-0.3, -0.25) is 10.1 Å². The molecule has 3 N–H and O–H groups in total. The summed E-state index contributed by atoms with van der Waals surface area (Å²) in [6, 6.07) is 12.4. The number of allylic oxidation sites excluding steroid dienone is 5. The lowest BCUT2D eigenvalue weighted by Crippen LogP contribution is -2.16. The van der Waals surface area contributed by atoms with E-state index in [0.29, 0.717) is 0 Å². The standard InChI is InChI=1S/C31H32N6S/c1-7-20(15-21(8-2)33-19(3)17-31(4,5)6)25-16-23-26(18-32-25)36-37-29(23)30-34-24-12-9-11-22(28(24)35-30)27-13-10-14-38-27/h7-16,18,33H,2-3,17H2,1,4-6H3,(H,34,35)(H,36,37)/b20-7+,21-15+. The first-order valence-electron chi connectivity index (χ1n) is 12.6. The van der Waals surface area contributed by atoms with Gasteiger partial charge in [0.15, 0.2) is 5.82 Å². The normalized spacial score (nSPS) is 12.8. The smallest absolute Gasteiger partial charge is 0.159 e. The van der Waals surface area contributed by atoms with Crippen LogP contribution in [0.1, 0.15) is 39.8 Å². The molecule has 5 rings (SSSR count). The fourth-order valence-electron chi connectivity index (χ4n) is 4.54. The Balaban J connectivity index is 1.51. The van der Waals surface area contributed by atoms with Gasteiger partial charge in [0.05, 0.1) is 28.4 Å². The van der Waals surface area contributed by atoms with Gasteiger partial charge in [0.2, 0.25) is 0 Å². The van der Waals surface area contributed by atoms with E-state index in [9.17, 15) is 0 Å². The maximum absolute atomic E-state index is 4.97. The fraction of sp³-hybridized carbons (Fsp3) is 0.194. The van der Waals surface area contributed by atoms with E-state index < -0.39 is 0 Å². The Morgan fingerprint density at radius 3 is 2.71 bits per heavy atom. The molecule has 0 unspecified atom stereocenters. The first kappa shape index (κ1) is 25.4. The molecule has 0 bridgehead atoms. The molecule has 4 heterocycles. The van der Waals surface area contributed by atoms with Crippen molar-refractivity contribution in [2.45, 2.75) is 34.1 Å². The van der Waals surface area contributed by atoms with Crippen LogP contribution in [-0.4, -0.2) is 25.1 Å². The van der Waals surface area contributed by atoms with E-state index in [0.717, 1.165) is 68.1 Å². The lowest BCUT2D eigenvalue weighted by atomic mass is 9.91. The van der Waals surface area contributed by atoms with Crippen LogP contribution in [0.3, 0.4) is 0 Å². The second kappa shape index (κ2) is 10.3. The zero-order chi connectivity index (χ0) is 26.9. The van der Waals surface area contributed by atoms with Crippen molar-refractivity contribution < 1.29 is 0 Å². The predicted molar refractivity (Wildman–Crippen MR) is 161 cm³/mol. The number of pyridine rings is 1. The number of aromatic amines is 2. The predicted octanol–water partition coefficient (Wildman–Crippen LogP) is 8.24. The highest BCUT2D eigenvalue weighted by Crippen LogP contribution is 2.34. The van der Waals surface area contributed by atoms with Crippen molar-refractivity contribution in [3.05, 3.63) is 96.4 Å². The molecule has 0 saturated heterocycles. The number of H-pyrrole nitrogens is 2. The van der Waals surface area contributed by atoms with Gasteiger partial charge in [0.1, 0.15) is 5.69 Å². The van der Waals surface area contributed by atoms with Crippen molar-refractivity contribution >= 4 is 38.8 Å². The lowest BCUT2D eigenvalue weighted by molar-refractivity contribution is 0.403. The summed E-state index contributed by atoms with van der Waals surface area (Å²) in [5.74, 6) is 0.719. The Labute approximate surface area is 226 Å². The molecule has 0 spiro atoms. The van der Waals surface area contributed by atoms with E-state index in [4.69, 9.17) is 9.97 Å². The van der Waals surface area contributed by atoms with Crippen LogP contribution >= 0.6 is 11.3 Å². The zero-order valence-electron chi connectivity index (χ0n) is 22.2. The van der Waals surface area contributed by atoms with Gasteiger partial charge in [0.25, 0.3) is 0 Å². The Morgan fingerprint density at radius 2 is 2.00 bits per heavy atom. The van der Waals surface area contributed by atoms with Crippen LogP contribution < -0.4 is 5.32 Å². The molecule has 5 aromatic rings. The van der Waals surface area contributed by atoms with Crippen LogP contribution in [0.4, 0.5) is 0 Å². The third-order valence-electron chi connectivity index (χ3n) is 6.17. The largest absolute Gasteiger partial charge is 0.359 e. The minimum Gasteiger partial charge on any atom is -0.359 e. The molecule has 192 valence electrons. The molecule has 0 saturated carbocycles. The van der Waals surface area contributed by atoms with Crippen molar-refractivity contribution in [2.24, 2.45) is 5.41 Å². The highest BCUT2D eigenvalue weighted by atomic mass is 32.1. The van der Waals surface area contributed by atoms with Gasteiger partial charge in [-0.25, -0.2) is 4.98 Å². The average molecular weight is 521 g/mol. The van der Waals surface area contributed by atoms with Crippen LogP contribution in [-0.2, 0) is 0 Å². The van der Waals surface area contributed by atoms with Crippen LogP contribution in [0.15, 0.2) is 90.8 Å². The third-order valence-corrected chi connectivity index (χ3v) is 7.08. The molecule has 6 nitrogen and oxygen atoms in total. The van der Waals surface area contributed by atoms with Crippen LogP contribution in [0.25, 0.3) is 49.5 Å². The molecule has 38 heavy (non-hydrogen) atoms. The number of aromatic nitrogens is 5. The summed E-state index contributed by atoms with van der Waals surface area (Å²) in [5, 5.41) is 14.1. The van der Waals surface area contributed by atoms with E-state index in [1.165, 1.54) is 4.88 Å². The molecule has 0 aliphatic rings. The van der Waals surface area contributed by atoms with E-state index in [-0.39, 0.29) is 5.41 Å². The second-order valence-electron chi connectivity index (χ2n) is 10.5. The van der Waals surface area contributed by atoms with Gasteiger partial charge in [-0.05, 0) is 60.1 Å². The number of nitrogens with zero attached hydrogens (tertiary/aromatic N) is 3. The van der Waals surface area contributed by atoms with Gasteiger partial charge < -0.3 is 10.3 Å². The van der Waals surface area contributed by atoms with Crippen molar-refractivity contribution in [3.8, 4) is 22.0 Å². The minimum atomic E-state index is 0.144. The first-order valence-corrected chi connectivity index (χ1v) is 13.5. The van der Waals surface area contributed by atoms with Crippen LogP contribution in [0.2, 0.25) is 0 Å². The summed E-state index contributed by atoms with van der Waals surface area (Å²) in [6.45, 7) is 16.8. The maximum Gasteiger partial charge on any atom is 0.159 e. The van der Waals surface area contributed by atoms with E-state index >= 15 is 0 Å². The molecule has 0 fully saturated rings. The quantitative estimate of drug-likeness (QED) is 0.180. The number of para-hydroxylation sites is 1. The van der Waals surface area contributed by atoms with E-state index in [2.05, 4.69) is 90.1 Å². The second-order valence-corrected chi connectivity index (χ2v) is 11.4. The molecular formula is C31H32N6S. The van der Waals surface area contributed by atoms with Gasteiger partial charge in [-0.1, -0.05) is 58.2 Å². The summed E-state index contributed by atoms with van der Waals surface area (Å²) >= 11 is 1.71. The Bertz CT molecular complexity index is 1690. The van der Waals surface area contributed by atoms with E-state index in [1.54, 1.807) is 17.4 Å². The number of imidazole rings is 1. The van der Waals surface area contributed by atoms with Gasteiger partial charge >= 0.3 is 0 Å².